The fraction of sp³-hybridized carbons (Fsp3) is 0.304. The molecule has 1 aliphatic heterocycles. The Morgan fingerprint density at radius 1 is 1.07 bits per heavy atom. The van der Waals surface area contributed by atoms with Crippen molar-refractivity contribution in [1.29, 1.82) is 0 Å². The monoisotopic (exact) mass is 393 g/mol. The van der Waals surface area contributed by atoms with Gasteiger partial charge in [-0.15, -0.1) is 0 Å². The Hall–Kier alpha value is -3.28. The second-order valence-electron chi connectivity index (χ2n) is 6.95. The molecule has 0 aromatic heterocycles. The van der Waals surface area contributed by atoms with Crippen molar-refractivity contribution in [1.82, 2.24) is 4.90 Å². The van der Waals surface area contributed by atoms with Gasteiger partial charge in [0, 0.05) is 43.6 Å². The molecule has 152 valence electrons. The highest BCUT2D eigenvalue weighted by molar-refractivity contribution is 5.90. The van der Waals surface area contributed by atoms with Crippen LogP contribution in [0.4, 0.5) is 16.2 Å². The summed E-state index contributed by atoms with van der Waals surface area (Å²) in [5.41, 5.74) is 4.03. The van der Waals surface area contributed by atoms with E-state index < -0.39 is 0 Å². The number of piperazine rings is 1. The number of benzene rings is 2. The van der Waals surface area contributed by atoms with Gasteiger partial charge < -0.3 is 19.9 Å². The smallest absolute Gasteiger partial charge is 0.330 e. The fourth-order valence-corrected chi connectivity index (χ4v) is 3.23. The largest absolute Gasteiger partial charge is 0.463 e. The molecule has 1 fully saturated rings. The minimum absolute atomic E-state index is 0.0938. The van der Waals surface area contributed by atoms with Crippen molar-refractivity contribution in [2.45, 2.75) is 13.8 Å². The molecule has 0 bridgehead atoms. The molecule has 29 heavy (non-hydrogen) atoms. The maximum Gasteiger partial charge on any atom is 0.330 e. The first-order valence-electron chi connectivity index (χ1n) is 9.87. The van der Waals surface area contributed by atoms with Crippen LogP contribution in [0.25, 0.3) is 6.08 Å². The summed E-state index contributed by atoms with van der Waals surface area (Å²) in [6.45, 7) is 7.20. The van der Waals surface area contributed by atoms with Crippen LogP contribution in [-0.2, 0) is 9.53 Å². The number of hydrogen-bond acceptors (Lipinski definition) is 4. The van der Waals surface area contributed by atoms with E-state index in [0.717, 1.165) is 24.3 Å². The third-order valence-electron chi connectivity index (χ3n) is 4.79. The zero-order valence-electron chi connectivity index (χ0n) is 16.9. The van der Waals surface area contributed by atoms with Gasteiger partial charge in [-0.05, 0) is 55.3 Å². The highest BCUT2D eigenvalue weighted by atomic mass is 16.5. The van der Waals surface area contributed by atoms with Crippen molar-refractivity contribution in [3.63, 3.8) is 0 Å². The molecule has 0 atom stereocenters. The van der Waals surface area contributed by atoms with E-state index in [0.29, 0.717) is 19.7 Å². The minimum atomic E-state index is -0.366. The lowest BCUT2D eigenvalue weighted by atomic mass is 10.2. The van der Waals surface area contributed by atoms with Crippen LogP contribution in [-0.4, -0.2) is 49.7 Å². The first-order valence-corrected chi connectivity index (χ1v) is 9.87. The van der Waals surface area contributed by atoms with Gasteiger partial charge in [0.2, 0.25) is 0 Å². The number of rotatable bonds is 5. The van der Waals surface area contributed by atoms with Crippen molar-refractivity contribution in [2.75, 3.05) is 43.0 Å². The van der Waals surface area contributed by atoms with Gasteiger partial charge in [0.05, 0.1) is 6.61 Å². The normalized spacial score (nSPS) is 14.1. The predicted octanol–water partition coefficient (Wildman–Crippen LogP) is 3.93. The number of anilines is 2. The van der Waals surface area contributed by atoms with Gasteiger partial charge in [0.1, 0.15) is 0 Å². The van der Waals surface area contributed by atoms with Crippen LogP contribution in [0.15, 0.2) is 54.6 Å². The predicted molar refractivity (Wildman–Crippen MR) is 116 cm³/mol. The molecule has 2 aromatic rings. The van der Waals surface area contributed by atoms with Gasteiger partial charge in [-0.25, -0.2) is 9.59 Å². The number of carbonyl (C=O) groups is 2. The molecule has 0 saturated carbocycles. The van der Waals surface area contributed by atoms with Crippen LogP contribution in [0.3, 0.4) is 0 Å². The summed E-state index contributed by atoms with van der Waals surface area (Å²) < 4.78 is 4.86. The van der Waals surface area contributed by atoms with Crippen molar-refractivity contribution >= 4 is 29.5 Å². The standard InChI is InChI=1S/C23H27N3O3/c1-3-29-22(27)12-9-19-7-10-20(11-8-19)24-23(28)26-15-13-25(14-16-26)21-6-4-5-18(2)17-21/h4-12,17H,3,13-16H2,1-2H3,(H,24,28)/b12-9-. The lowest BCUT2D eigenvalue weighted by Crippen LogP contribution is -2.50. The van der Waals surface area contributed by atoms with Crippen LogP contribution in [0.2, 0.25) is 0 Å². The summed E-state index contributed by atoms with van der Waals surface area (Å²) in [6, 6.07) is 15.7. The Morgan fingerprint density at radius 2 is 1.79 bits per heavy atom. The van der Waals surface area contributed by atoms with E-state index in [1.54, 1.807) is 13.0 Å². The number of amides is 2. The highest BCUT2D eigenvalue weighted by Gasteiger charge is 2.21. The molecule has 0 aliphatic carbocycles. The molecule has 3 rings (SSSR count). The molecule has 6 nitrogen and oxygen atoms in total. The van der Waals surface area contributed by atoms with E-state index >= 15 is 0 Å². The number of ether oxygens (including phenoxy) is 1. The summed E-state index contributed by atoms with van der Waals surface area (Å²) in [5.74, 6) is -0.366. The van der Waals surface area contributed by atoms with E-state index in [9.17, 15) is 9.59 Å². The van der Waals surface area contributed by atoms with Gasteiger partial charge in [-0.1, -0.05) is 24.3 Å². The molecule has 1 saturated heterocycles. The molecule has 0 radical (unpaired) electrons. The molecule has 2 aromatic carbocycles. The van der Waals surface area contributed by atoms with E-state index in [2.05, 4.69) is 41.4 Å². The number of nitrogens with one attached hydrogen (secondary N) is 1. The maximum atomic E-state index is 12.6. The number of urea groups is 1. The number of carbonyl (C=O) groups excluding carboxylic acids is 2. The zero-order chi connectivity index (χ0) is 20.6. The molecular weight excluding hydrogens is 366 g/mol. The van der Waals surface area contributed by atoms with Gasteiger partial charge in [0.15, 0.2) is 0 Å². The highest BCUT2D eigenvalue weighted by Crippen LogP contribution is 2.18. The van der Waals surface area contributed by atoms with Gasteiger partial charge in [0.25, 0.3) is 0 Å². The van der Waals surface area contributed by atoms with Crippen molar-refractivity contribution in [2.24, 2.45) is 0 Å². The SMILES string of the molecule is CCOC(=O)/C=C\c1ccc(NC(=O)N2CCN(c3cccc(C)c3)CC2)cc1. The topological polar surface area (TPSA) is 61.9 Å². The first kappa shape index (κ1) is 20.5. The van der Waals surface area contributed by atoms with Crippen molar-refractivity contribution in [3.8, 4) is 0 Å². The Labute approximate surface area is 171 Å². The molecule has 1 N–H and O–H groups in total. The third-order valence-corrected chi connectivity index (χ3v) is 4.79. The molecular formula is C23H27N3O3. The third kappa shape index (κ3) is 5.85. The molecule has 2 amide bonds. The minimum Gasteiger partial charge on any atom is -0.463 e. The van der Waals surface area contributed by atoms with Crippen LogP contribution in [0.1, 0.15) is 18.1 Å². The summed E-state index contributed by atoms with van der Waals surface area (Å²) in [7, 11) is 0. The maximum absolute atomic E-state index is 12.6. The Morgan fingerprint density at radius 3 is 2.45 bits per heavy atom. The number of aryl methyl sites for hydroxylation is 1. The summed E-state index contributed by atoms with van der Waals surface area (Å²) in [5, 5.41) is 2.94. The van der Waals surface area contributed by atoms with Crippen LogP contribution in [0.5, 0.6) is 0 Å². The Balaban J connectivity index is 1.50. The number of esters is 1. The Kier molecular flexibility index (Phi) is 6.89. The first-order chi connectivity index (χ1) is 14.0. The number of hydrogen-bond donors (Lipinski definition) is 1. The van der Waals surface area contributed by atoms with Crippen LogP contribution in [0, 0.1) is 6.92 Å². The van der Waals surface area contributed by atoms with Crippen LogP contribution >= 0.6 is 0 Å². The molecule has 0 unspecified atom stereocenters. The lowest BCUT2D eigenvalue weighted by molar-refractivity contribution is -0.137. The van der Waals surface area contributed by atoms with Gasteiger partial charge >= 0.3 is 12.0 Å². The molecule has 0 spiro atoms. The average molecular weight is 393 g/mol. The molecule has 6 heteroatoms. The summed E-state index contributed by atoms with van der Waals surface area (Å²) >= 11 is 0. The zero-order valence-corrected chi connectivity index (χ0v) is 16.9. The average Bonchev–Trinajstić information content (AvgIpc) is 2.73. The van der Waals surface area contributed by atoms with Crippen molar-refractivity contribution in [3.05, 3.63) is 65.7 Å². The molecule has 1 heterocycles. The number of nitrogens with zero attached hydrogens (tertiary/aromatic N) is 2. The van der Waals surface area contributed by atoms with E-state index in [4.69, 9.17) is 4.74 Å². The second kappa shape index (κ2) is 9.78. The van der Waals surface area contributed by atoms with E-state index in [1.807, 2.05) is 29.2 Å². The van der Waals surface area contributed by atoms with Crippen molar-refractivity contribution < 1.29 is 14.3 Å². The van der Waals surface area contributed by atoms with Crippen LogP contribution < -0.4 is 10.2 Å². The Bertz CT molecular complexity index is 869. The van der Waals surface area contributed by atoms with Gasteiger partial charge in [-0.3, -0.25) is 0 Å². The summed E-state index contributed by atoms with van der Waals surface area (Å²) in [4.78, 5) is 28.1. The van der Waals surface area contributed by atoms with E-state index in [-0.39, 0.29) is 12.0 Å². The lowest BCUT2D eigenvalue weighted by Gasteiger charge is -2.36. The fourth-order valence-electron chi connectivity index (χ4n) is 3.23. The van der Waals surface area contributed by atoms with Gasteiger partial charge in [-0.2, -0.15) is 0 Å². The summed E-state index contributed by atoms with van der Waals surface area (Å²) in [6.07, 6.45) is 3.08. The van der Waals surface area contributed by atoms with E-state index in [1.165, 1.54) is 17.3 Å². The second-order valence-corrected chi connectivity index (χ2v) is 6.95. The molecule has 1 aliphatic rings. The quantitative estimate of drug-likeness (QED) is 0.618.